The van der Waals surface area contributed by atoms with Crippen LogP contribution < -0.4 is 0 Å². The fraction of sp³-hybridized carbons (Fsp3) is 0.864. The summed E-state index contributed by atoms with van der Waals surface area (Å²) in [5.41, 5.74) is 1.52. The molecular weight excluding hydrogens is 542 g/mol. The number of benzene rings is 1. The van der Waals surface area contributed by atoms with Gasteiger partial charge in [0.2, 0.25) is 0 Å². The number of hydrogen-bond donors (Lipinski definition) is 0. The number of hydrogen-bond acceptors (Lipinski definition) is 0. The summed E-state index contributed by atoms with van der Waals surface area (Å²) in [7, 11) is 2.55. The van der Waals surface area contributed by atoms with Gasteiger partial charge in [-0.3, -0.25) is 0 Å². The van der Waals surface area contributed by atoms with E-state index < -0.39 is 0 Å². The predicted molar refractivity (Wildman–Crippen MR) is 205 cm³/mol. The predicted octanol–water partition coefficient (Wildman–Crippen LogP) is 15.2. The molecule has 264 valence electrons. The summed E-state index contributed by atoms with van der Waals surface area (Å²) in [5.74, 6) is 0. The molecule has 0 aliphatic rings. The Balaban J connectivity index is 2.05. The molecule has 0 radical (unpaired) electrons. The second kappa shape index (κ2) is 33.1. The quantitative estimate of drug-likeness (QED) is 0.0513. The first kappa shape index (κ1) is 42.2. The fourth-order valence-electron chi connectivity index (χ4n) is 7.38. The van der Waals surface area contributed by atoms with Crippen molar-refractivity contribution in [2.75, 3.05) is 20.1 Å². The van der Waals surface area contributed by atoms with E-state index in [0.29, 0.717) is 0 Å². The standard InChI is InChI=1S/C44H84N/c1-4-6-8-10-12-14-16-18-20-22-24-26-28-30-32-37-41-45(3,43-44-39-35-34-36-40-44)42-38-33-31-29-27-25-23-21-19-17-15-13-11-9-7-5-2/h34-36,39-40H,4-33,37-38,41-43H2,1-3H3/q+1. The molecule has 0 bridgehead atoms. The molecule has 0 saturated carbocycles. The van der Waals surface area contributed by atoms with Gasteiger partial charge >= 0.3 is 0 Å². The summed E-state index contributed by atoms with van der Waals surface area (Å²) < 4.78 is 1.24. The van der Waals surface area contributed by atoms with Crippen LogP contribution in [0.1, 0.15) is 225 Å². The maximum atomic E-state index is 2.55. The summed E-state index contributed by atoms with van der Waals surface area (Å²) >= 11 is 0. The Morgan fingerprint density at radius 2 is 0.578 bits per heavy atom. The van der Waals surface area contributed by atoms with E-state index in [2.05, 4.69) is 51.2 Å². The van der Waals surface area contributed by atoms with Crippen molar-refractivity contribution in [2.24, 2.45) is 0 Å². The first-order valence-corrected chi connectivity index (χ1v) is 21.1. The topological polar surface area (TPSA) is 0 Å². The molecule has 0 atom stereocenters. The lowest BCUT2D eigenvalue weighted by atomic mass is 10.0. The molecule has 45 heavy (non-hydrogen) atoms. The van der Waals surface area contributed by atoms with Crippen LogP contribution in [-0.2, 0) is 6.54 Å². The van der Waals surface area contributed by atoms with Gasteiger partial charge in [0.05, 0.1) is 20.1 Å². The number of quaternary nitrogens is 1. The van der Waals surface area contributed by atoms with E-state index in [0.717, 1.165) is 0 Å². The molecular formula is C44H84N+. The summed E-state index contributed by atoms with van der Waals surface area (Å²) in [5, 5.41) is 0. The molecule has 0 unspecified atom stereocenters. The number of unbranched alkanes of at least 4 members (excludes halogenated alkanes) is 30. The minimum Gasteiger partial charge on any atom is -0.322 e. The average Bonchev–Trinajstić information content (AvgIpc) is 3.05. The Labute approximate surface area is 285 Å². The van der Waals surface area contributed by atoms with Crippen LogP contribution in [0.15, 0.2) is 30.3 Å². The van der Waals surface area contributed by atoms with E-state index in [1.807, 2.05) is 0 Å². The average molecular weight is 627 g/mol. The van der Waals surface area contributed by atoms with E-state index in [4.69, 9.17) is 0 Å². The molecule has 0 aliphatic heterocycles. The normalized spacial score (nSPS) is 11.9. The van der Waals surface area contributed by atoms with Gasteiger partial charge in [-0.2, -0.15) is 0 Å². The molecule has 0 aromatic heterocycles. The highest BCUT2D eigenvalue weighted by molar-refractivity contribution is 5.13. The highest BCUT2D eigenvalue weighted by Gasteiger charge is 2.21. The van der Waals surface area contributed by atoms with Crippen molar-refractivity contribution < 1.29 is 4.48 Å². The molecule has 0 saturated heterocycles. The molecule has 1 heteroatoms. The molecule has 1 rings (SSSR count). The molecule has 0 fully saturated rings. The highest BCUT2D eigenvalue weighted by Crippen LogP contribution is 2.19. The first-order valence-electron chi connectivity index (χ1n) is 21.1. The molecule has 0 spiro atoms. The lowest BCUT2D eigenvalue weighted by Gasteiger charge is -2.35. The Morgan fingerprint density at radius 3 is 0.844 bits per heavy atom. The third-order valence-corrected chi connectivity index (χ3v) is 10.5. The van der Waals surface area contributed by atoms with Crippen molar-refractivity contribution >= 4 is 0 Å². The highest BCUT2D eigenvalue weighted by atomic mass is 15.3. The lowest BCUT2D eigenvalue weighted by molar-refractivity contribution is -0.923. The SMILES string of the molecule is CCCCCCCCCCCCCCCCCC[N+](C)(CCCCCCCCCCCCCCCCCC)Cc1ccccc1. The third-order valence-electron chi connectivity index (χ3n) is 10.5. The fourth-order valence-corrected chi connectivity index (χ4v) is 7.38. The third kappa shape index (κ3) is 29.1. The molecule has 1 aromatic carbocycles. The second-order valence-electron chi connectivity index (χ2n) is 15.3. The van der Waals surface area contributed by atoms with Crippen LogP contribution in [-0.4, -0.2) is 24.6 Å². The van der Waals surface area contributed by atoms with Gasteiger partial charge in [0.1, 0.15) is 6.54 Å². The van der Waals surface area contributed by atoms with E-state index in [1.54, 1.807) is 0 Å². The first-order chi connectivity index (χ1) is 22.2. The molecule has 0 aliphatic carbocycles. The van der Waals surface area contributed by atoms with Gasteiger partial charge in [0.15, 0.2) is 0 Å². The molecule has 0 amide bonds. The van der Waals surface area contributed by atoms with Crippen LogP contribution in [0, 0.1) is 0 Å². The molecule has 0 N–H and O–H groups in total. The van der Waals surface area contributed by atoms with Gasteiger partial charge in [-0.05, 0) is 25.7 Å². The summed E-state index contributed by atoms with van der Waals surface area (Å²) in [6, 6.07) is 11.3. The smallest absolute Gasteiger partial charge is 0.104 e. The van der Waals surface area contributed by atoms with Crippen LogP contribution >= 0.6 is 0 Å². The van der Waals surface area contributed by atoms with Crippen LogP contribution in [0.25, 0.3) is 0 Å². The molecule has 0 heterocycles. The van der Waals surface area contributed by atoms with Gasteiger partial charge in [0.25, 0.3) is 0 Å². The maximum Gasteiger partial charge on any atom is 0.104 e. The Kier molecular flexibility index (Phi) is 31.0. The maximum absolute atomic E-state index is 2.55. The molecule has 1 aromatic rings. The van der Waals surface area contributed by atoms with E-state index in [9.17, 15) is 0 Å². The lowest BCUT2D eigenvalue weighted by Crippen LogP contribution is -2.44. The second-order valence-corrected chi connectivity index (χ2v) is 15.3. The minimum absolute atomic E-state index is 1.21. The Morgan fingerprint density at radius 1 is 0.333 bits per heavy atom. The largest absolute Gasteiger partial charge is 0.322 e. The van der Waals surface area contributed by atoms with Crippen LogP contribution in [0.5, 0.6) is 0 Å². The Hall–Kier alpha value is -0.820. The van der Waals surface area contributed by atoms with Crippen LogP contribution in [0.3, 0.4) is 0 Å². The minimum atomic E-state index is 1.21. The van der Waals surface area contributed by atoms with Crippen molar-refractivity contribution in [3.63, 3.8) is 0 Å². The van der Waals surface area contributed by atoms with Crippen molar-refractivity contribution in [3.05, 3.63) is 35.9 Å². The summed E-state index contributed by atoms with van der Waals surface area (Å²) in [6.45, 7) is 8.53. The summed E-state index contributed by atoms with van der Waals surface area (Å²) in [6.07, 6.45) is 46.5. The zero-order chi connectivity index (χ0) is 32.4. The van der Waals surface area contributed by atoms with Crippen molar-refractivity contribution in [1.82, 2.24) is 0 Å². The van der Waals surface area contributed by atoms with Gasteiger partial charge in [-0.1, -0.05) is 224 Å². The van der Waals surface area contributed by atoms with Crippen LogP contribution in [0.2, 0.25) is 0 Å². The van der Waals surface area contributed by atoms with E-state index in [1.165, 1.54) is 235 Å². The van der Waals surface area contributed by atoms with Crippen molar-refractivity contribution in [2.45, 2.75) is 226 Å². The molecule has 1 nitrogen and oxygen atoms in total. The summed E-state index contributed by atoms with van der Waals surface area (Å²) in [4.78, 5) is 0. The number of nitrogens with zero attached hydrogens (tertiary/aromatic N) is 1. The zero-order valence-electron chi connectivity index (χ0n) is 31.6. The van der Waals surface area contributed by atoms with Gasteiger partial charge in [0, 0.05) is 5.56 Å². The zero-order valence-corrected chi connectivity index (χ0v) is 31.6. The Bertz CT molecular complexity index is 645. The number of rotatable bonds is 36. The van der Waals surface area contributed by atoms with Gasteiger partial charge in [-0.15, -0.1) is 0 Å². The van der Waals surface area contributed by atoms with E-state index >= 15 is 0 Å². The monoisotopic (exact) mass is 627 g/mol. The van der Waals surface area contributed by atoms with Gasteiger partial charge < -0.3 is 4.48 Å². The van der Waals surface area contributed by atoms with Crippen LogP contribution in [0.4, 0.5) is 0 Å². The van der Waals surface area contributed by atoms with Gasteiger partial charge in [-0.25, -0.2) is 0 Å². The van der Waals surface area contributed by atoms with Crippen molar-refractivity contribution in [3.8, 4) is 0 Å². The van der Waals surface area contributed by atoms with Crippen molar-refractivity contribution in [1.29, 1.82) is 0 Å². The van der Waals surface area contributed by atoms with E-state index in [-0.39, 0.29) is 0 Å².